The van der Waals surface area contributed by atoms with Crippen LogP contribution in [0.15, 0.2) is 6.07 Å². The van der Waals surface area contributed by atoms with Gasteiger partial charge in [0.2, 0.25) is 5.95 Å². The summed E-state index contributed by atoms with van der Waals surface area (Å²) in [5.41, 5.74) is 0. The molecule has 2 aromatic heterocycles. The maximum atomic E-state index is 5.42. The third-order valence-electron chi connectivity index (χ3n) is 3.43. The summed E-state index contributed by atoms with van der Waals surface area (Å²) >= 11 is 1.71. The molecular formula is C14H20N4OS. The largest absolute Gasteiger partial charge is 0.381 e. The van der Waals surface area contributed by atoms with Crippen LogP contribution in [0.1, 0.15) is 18.2 Å². The minimum atomic E-state index is 0.585. The molecule has 6 heteroatoms. The fraction of sp³-hybridized carbons (Fsp3) is 0.571. The summed E-state index contributed by atoms with van der Waals surface area (Å²) in [6.45, 7) is 7.62. The molecule has 0 aromatic carbocycles. The second-order valence-electron chi connectivity index (χ2n) is 5.11. The van der Waals surface area contributed by atoms with Crippen LogP contribution in [0.2, 0.25) is 0 Å². The van der Waals surface area contributed by atoms with Gasteiger partial charge in [0.1, 0.15) is 10.6 Å². The molecule has 5 nitrogen and oxygen atoms in total. The molecule has 1 unspecified atom stereocenters. The molecule has 0 amide bonds. The second-order valence-corrected chi connectivity index (χ2v) is 6.35. The lowest BCUT2D eigenvalue weighted by molar-refractivity contribution is 0.187. The Labute approximate surface area is 122 Å². The molecule has 0 radical (unpaired) electrons. The van der Waals surface area contributed by atoms with Gasteiger partial charge in [-0.25, -0.2) is 4.98 Å². The molecule has 1 fully saturated rings. The summed E-state index contributed by atoms with van der Waals surface area (Å²) in [5.74, 6) is 2.22. The third kappa shape index (κ3) is 2.86. The first-order chi connectivity index (χ1) is 9.76. The van der Waals surface area contributed by atoms with E-state index in [1.807, 2.05) is 0 Å². The summed E-state index contributed by atoms with van der Waals surface area (Å²) in [6.07, 6.45) is 1.13. The quantitative estimate of drug-likeness (QED) is 0.887. The van der Waals surface area contributed by atoms with Crippen molar-refractivity contribution in [3.63, 3.8) is 0 Å². The van der Waals surface area contributed by atoms with Crippen LogP contribution in [-0.2, 0) is 4.74 Å². The third-order valence-corrected chi connectivity index (χ3v) is 4.38. The van der Waals surface area contributed by atoms with Crippen LogP contribution in [0.25, 0.3) is 10.2 Å². The Kier molecular flexibility index (Phi) is 4.03. The predicted molar refractivity (Wildman–Crippen MR) is 83.7 cm³/mol. The van der Waals surface area contributed by atoms with Gasteiger partial charge in [-0.15, -0.1) is 11.3 Å². The van der Waals surface area contributed by atoms with E-state index < -0.39 is 0 Å². The number of hydrogen-bond acceptors (Lipinski definition) is 6. The molecule has 3 heterocycles. The molecule has 2 aromatic rings. The SMILES string of the molecule is CCNc1nc(NCC2CCOC2)c2cc(C)sc2n1. The van der Waals surface area contributed by atoms with Crippen molar-refractivity contribution in [1.82, 2.24) is 9.97 Å². The van der Waals surface area contributed by atoms with E-state index in [0.29, 0.717) is 11.9 Å². The van der Waals surface area contributed by atoms with Crippen LogP contribution in [-0.4, -0.2) is 36.3 Å². The average molecular weight is 292 g/mol. The average Bonchev–Trinajstić information content (AvgIpc) is 3.04. The van der Waals surface area contributed by atoms with Gasteiger partial charge in [-0.2, -0.15) is 4.98 Å². The first kappa shape index (κ1) is 13.6. The van der Waals surface area contributed by atoms with Crippen molar-refractivity contribution in [3.8, 4) is 0 Å². The lowest BCUT2D eigenvalue weighted by atomic mass is 10.1. The van der Waals surface area contributed by atoms with E-state index in [4.69, 9.17) is 4.74 Å². The summed E-state index contributed by atoms with van der Waals surface area (Å²) in [6, 6.07) is 2.16. The van der Waals surface area contributed by atoms with Gasteiger partial charge < -0.3 is 15.4 Å². The van der Waals surface area contributed by atoms with Gasteiger partial charge in [0.15, 0.2) is 0 Å². The van der Waals surface area contributed by atoms with Crippen LogP contribution in [0, 0.1) is 12.8 Å². The highest BCUT2D eigenvalue weighted by atomic mass is 32.1. The van der Waals surface area contributed by atoms with Crippen molar-refractivity contribution < 1.29 is 4.74 Å². The number of aromatic nitrogens is 2. The smallest absolute Gasteiger partial charge is 0.226 e. The summed E-state index contributed by atoms with van der Waals surface area (Å²) in [5, 5.41) is 7.79. The fourth-order valence-corrected chi connectivity index (χ4v) is 3.28. The zero-order chi connectivity index (χ0) is 13.9. The molecule has 1 aliphatic rings. The highest BCUT2D eigenvalue weighted by Gasteiger charge is 2.17. The standard InChI is InChI=1S/C14H20N4OS/c1-3-15-14-17-12(16-7-10-4-5-19-8-10)11-6-9(2)20-13(11)18-14/h6,10H,3-5,7-8H2,1-2H3,(H2,15,16,17,18). The molecule has 3 rings (SSSR count). The number of aryl methyl sites for hydroxylation is 1. The first-order valence-electron chi connectivity index (χ1n) is 7.10. The van der Waals surface area contributed by atoms with Crippen LogP contribution in [0.5, 0.6) is 0 Å². The molecule has 108 valence electrons. The number of hydrogen-bond donors (Lipinski definition) is 2. The van der Waals surface area contributed by atoms with Gasteiger partial charge >= 0.3 is 0 Å². The van der Waals surface area contributed by atoms with Crippen molar-refractivity contribution >= 4 is 33.3 Å². The maximum absolute atomic E-state index is 5.42. The van der Waals surface area contributed by atoms with E-state index in [0.717, 1.165) is 48.8 Å². The van der Waals surface area contributed by atoms with Crippen molar-refractivity contribution in [3.05, 3.63) is 10.9 Å². The van der Waals surface area contributed by atoms with E-state index in [1.54, 1.807) is 11.3 Å². The van der Waals surface area contributed by atoms with Crippen molar-refractivity contribution in [2.45, 2.75) is 20.3 Å². The van der Waals surface area contributed by atoms with Gasteiger partial charge in [0, 0.05) is 30.5 Å². The molecular weight excluding hydrogens is 272 g/mol. The van der Waals surface area contributed by atoms with Crippen LogP contribution < -0.4 is 10.6 Å². The zero-order valence-electron chi connectivity index (χ0n) is 11.9. The van der Waals surface area contributed by atoms with Gasteiger partial charge in [0.05, 0.1) is 12.0 Å². The maximum Gasteiger partial charge on any atom is 0.226 e. The Bertz CT molecular complexity index is 592. The number of fused-ring (bicyclic) bond motifs is 1. The van der Waals surface area contributed by atoms with Crippen LogP contribution in [0.4, 0.5) is 11.8 Å². The van der Waals surface area contributed by atoms with Crippen LogP contribution in [0.3, 0.4) is 0 Å². The highest BCUT2D eigenvalue weighted by Crippen LogP contribution is 2.30. The van der Waals surface area contributed by atoms with E-state index in [1.165, 1.54) is 4.88 Å². The number of rotatable bonds is 5. The van der Waals surface area contributed by atoms with E-state index in [2.05, 4.69) is 40.5 Å². The highest BCUT2D eigenvalue weighted by molar-refractivity contribution is 7.18. The van der Waals surface area contributed by atoms with Gasteiger partial charge in [-0.05, 0) is 26.3 Å². The Balaban J connectivity index is 1.85. The summed E-state index contributed by atoms with van der Waals surface area (Å²) < 4.78 is 5.42. The molecule has 20 heavy (non-hydrogen) atoms. The summed E-state index contributed by atoms with van der Waals surface area (Å²) in [7, 11) is 0. The van der Waals surface area contributed by atoms with Crippen molar-refractivity contribution in [1.29, 1.82) is 0 Å². The zero-order valence-corrected chi connectivity index (χ0v) is 12.7. The molecule has 1 saturated heterocycles. The Morgan fingerprint density at radius 2 is 2.30 bits per heavy atom. The first-order valence-corrected chi connectivity index (χ1v) is 7.91. The topological polar surface area (TPSA) is 59.1 Å². The lowest BCUT2D eigenvalue weighted by Crippen LogP contribution is -2.15. The number of thiophene rings is 1. The Morgan fingerprint density at radius 1 is 1.40 bits per heavy atom. The normalized spacial score (nSPS) is 18.6. The lowest BCUT2D eigenvalue weighted by Gasteiger charge is -2.12. The van der Waals surface area contributed by atoms with Crippen LogP contribution >= 0.6 is 11.3 Å². The molecule has 1 aliphatic heterocycles. The molecule has 1 atom stereocenters. The van der Waals surface area contributed by atoms with Crippen molar-refractivity contribution in [2.75, 3.05) is 36.9 Å². The molecule has 0 aliphatic carbocycles. The number of nitrogens with zero attached hydrogens (tertiary/aromatic N) is 2. The Hall–Kier alpha value is -1.40. The number of anilines is 2. The minimum absolute atomic E-state index is 0.585. The number of ether oxygens (including phenoxy) is 1. The fourth-order valence-electron chi connectivity index (χ4n) is 2.40. The number of nitrogens with one attached hydrogen (secondary N) is 2. The van der Waals surface area contributed by atoms with Gasteiger partial charge in [-0.3, -0.25) is 0 Å². The van der Waals surface area contributed by atoms with Crippen molar-refractivity contribution in [2.24, 2.45) is 5.92 Å². The monoisotopic (exact) mass is 292 g/mol. The minimum Gasteiger partial charge on any atom is -0.381 e. The van der Waals surface area contributed by atoms with E-state index in [-0.39, 0.29) is 0 Å². The molecule has 0 saturated carbocycles. The summed E-state index contributed by atoms with van der Waals surface area (Å²) in [4.78, 5) is 11.5. The van der Waals surface area contributed by atoms with Gasteiger partial charge in [-0.1, -0.05) is 0 Å². The second kappa shape index (κ2) is 5.93. The van der Waals surface area contributed by atoms with Gasteiger partial charge in [0.25, 0.3) is 0 Å². The van der Waals surface area contributed by atoms with E-state index in [9.17, 15) is 0 Å². The molecule has 0 bridgehead atoms. The molecule has 0 spiro atoms. The molecule has 2 N–H and O–H groups in total. The van der Waals surface area contributed by atoms with E-state index >= 15 is 0 Å². The predicted octanol–water partition coefficient (Wildman–Crippen LogP) is 2.88. The Morgan fingerprint density at radius 3 is 3.05 bits per heavy atom.